The molecule has 1 aromatic heterocycles. The van der Waals surface area contributed by atoms with Crippen LogP contribution < -0.4 is 4.72 Å². The van der Waals surface area contributed by atoms with Gasteiger partial charge >= 0.3 is 5.97 Å². The maximum absolute atomic E-state index is 12.3. The van der Waals surface area contributed by atoms with Gasteiger partial charge in [0.15, 0.2) is 5.03 Å². The number of nitrogens with one attached hydrogen (secondary N) is 1. The number of aromatic carboxylic acids is 1. The van der Waals surface area contributed by atoms with Crippen molar-refractivity contribution in [1.82, 2.24) is 9.78 Å². The van der Waals surface area contributed by atoms with Crippen molar-refractivity contribution in [3.8, 4) is 0 Å². The predicted octanol–water partition coefficient (Wildman–Crippen LogP) is 1.88. The van der Waals surface area contributed by atoms with E-state index in [-0.39, 0.29) is 21.3 Å². The molecule has 0 saturated heterocycles. The summed E-state index contributed by atoms with van der Waals surface area (Å²) in [4.78, 5) is 11.0. The first-order valence-corrected chi connectivity index (χ1v) is 7.63. The molecule has 2 N–H and O–H groups in total. The van der Waals surface area contributed by atoms with Gasteiger partial charge in [0, 0.05) is 7.05 Å². The van der Waals surface area contributed by atoms with Crippen molar-refractivity contribution in [2.45, 2.75) is 11.9 Å². The number of sulfonamides is 1. The molecule has 0 aliphatic heterocycles. The molecule has 1 heterocycles. The molecule has 7 nitrogen and oxygen atoms in total. The number of benzene rings is 1. The second-order valence-electron chi connectivity index (χ2n) is 4.36. The number of hydrogen-bond donors (Lipinski definition) is 2. The summed E-state index contributed by atoms with van der Waals surface area (Å²) in [6.07, 6.45) is 1.22. The Morgan fingerprint density at radius 1 is 1.43 bits per heavy atom. The molecule has 0 saturated carbocycles. The highest BCUT2D eigenvalue weighted by Gasteiger charge is 2.23. The highest BCUT2D eigenvalue weighted by Crippen LogP contribution is 2.25. The molecule has 0 atom stereocenters. The fourth-order valence-electron chi connectivity index (χ4n) is 1.76. The fourth-order valence-corrected chi connectivity index (χ4v) is 3.54. The summed E-state index contributed by atoms with van der Waals surface area (Å²) in [7, 11) is -2.53. The Labute approximate surface area is 126 Å². The van der Waals surface area contributed by atoms with Crippen LogP contribution in [0.1, 0.15) is 15.9 Å². The summed E-state index contributed by atoms with van der Waals surface area (Å²) in [5.74, 6) is -1.14. The lowest BCUT2D eigenvalue weighted by atomic mass is 10.1. The van der Waals surface area contributed by atoms with E-state index in [1.165, 1.54) is 31.4 Å². The number of hydrogen-bond acceptors (Lipinski definition) is 4. The summed E-state index contributed by atoms with van der Waals surface area (Å²) in [5.41, 5.74) is 0.739. The van der Waals surface area contributed by atoms with E-state index in [0.29, 0.717) is 5.56 Å². The van der Waals surface area contributed by atoms with Crippen molar-refractivity contribution in [3.63, 3.8) is 0 Å². The number of carboxylic acid groups (broad SMARTS) is 1. The lowest BCUT2D eigenvalue weighted by Crippen LogP contribution is -2.18. The van der Waals surface area contributed by atoms with Crippen LogP contribution in [0.2, 0.25) is 5.02 Å². The minimum Gasteiger partial charge on any atom is -0.478 e. The molecule has 0 spiro atoms. The van der Waals surface area contributed by atoms with E-state index in [4.69, 9.17) is 16.7 Å². The second-order valence-corrected chi connectivity index (χ2v) is 6.37. The van der Waals surface area contributed by atoms with Gasteiger partial charge in [-0.15, -0.1) is 0 Å². The zero-order valence-corrected chi connectivity index (χ0v) is 12.7. The number of halogens is 1. The van der Waals surface area contributed by atoms with Gasteiger partial charge in [-0.2, -0.15) is 13.5 Å². The molecule has 1 aromatic carbocycles. The van der Waals surface area contributed by atoms with Crippen LogP contribution in [0.15, 0.2) is 29.4 Å². The van der Waals surface area contributed by atoms with Gasteiger partial charge in [-0.1, -0.05) is 17.7 Å². The summed E-state index contributed by atoms with van der Waals surface area (Å²) < 4.78 is 28.1. The molecule has 2 aromatic rings. The Kier molecular flexibility index (Phi) is 3.93. The molecule has 9 heteroatoms. The van der Waals surface area contributed by atoms with Crippen molar-refractivity contribution in [2.75, 3.05) is 4.72 Å². The van der Waals surface area contributed by atoms with Gasteiger partial charge in [0.25, 0.3) is 10.0 Å². The van der Waals surface area contributed by atoms with Gasteiger partial charge in [-0.25, -0.2) is 4.79 Å². The zero-order valence-electron chi connectivity index (χ0n) is 11.2. The molecule has 0 fully saturated rings. The summed E-state index contributed by atoms with van der Waals surface area (Å²) in [6, 6.07) is 4.16. The number of rotatable bonds is 4. The van der Waals surface area contributed by atoms with Crippen molar-refractivity contribution in [3.05, 3.63) is 40.5 Å². The average molecular weight is 330 g/mol. The summed E-state index contributed by atoms with van der Waals surface area (Å²) >= 11 is 5.82. The first-order valence-electron chi connectivity index (χ1n) is 5.76. The number of anilines is 1. The number of aromatic nitrogens is 2. The van der Waals surface area contributed by atoms with E-state index < -0.39 is 16.0 Å². The normalized spacial score (nSPS) is 11.4. The molecule has 0 amide bonds. The third-order valence-corrected chi connectivity index (χ3v) is 4.70. The van der Waals surface area contributed by atoms with Crippen LogP contribution in [0.5, 0.6) is 0 Å². The van der Waals surface area contributed by atoms with E-state index in [0.717, 1.165) is 4.68 Å². The first kappa shape index (κ1) is 15.3. The van der Waals surface area contributed by atoms with Crippen LogP contribution >= 0.6 is 11.6 Å². The maximum Gasteiger partial charge on any atom is 0.335 e. The average Bonchev–Trinajstić information content (AvgIpc) is 2.71. The minimum atomic E-state index is -3.97. The topological polar surface area (TPSA) is 101 Å². The van der Waals surface area contributed by atoms with Crippen LogP contribution in [0, 0.1) is 6.92 Å². The monoisotopic (exact) mass is 329 g/mol. The first-order chi connectivity index (χ1) is 9.72. The Hall–Kier alpha value is -2.06. The molecule has 0 unspecified atom stereocenters. The smallest absolute Gasteiger partial charge is 0.335 e. The number of aryl methyl sites for hydroxylation is 2. The molecular weight excluding hydrogens is 318 g/mol. The number of nitrogens with zero attached hydrogens (tertiary/aromatic N) is 2. The number of carboxylic acids is 1. The Balaban J connectivity index is 2.46. The van der Waals surface area contributed by atoms with E-state index >= 15 is 0 Å². The van der Waals surface area contributed by atoms with Gasteiger partial charge in [0.1, 0.15) is 0 Å². The molecule has 0 aliphatic rings. The van der Waals surface area contributed by atoms with E-state index in [9.17, 15) is 13.2 Å². The largest absolute Gasteiger partial charge is 0.478 e. The SMILES string of the molecule is Cc1ccc(C(=O)O)cc1NS(=O)(=O)c1c(Cl)cnn1C. The van der Waals surface area contributed by atoms with Crippen LogP contribution in [-0.4, -0.2) is 29.3 Å². The van der Waals surface area contributed by atoms with Crippen molar-refractivity contribution in [2.24, 2.45) is 7.05 Å². The van der Waals surface area contributed by atoms with Gasteiger partial charge in [0.05, 0.1) is 22.5 Å². The van der Waals surface area contributed by atoms with E-state index in [1.807, 2.05) is 0 Å². The highest BCUT2D eigenvalue weighted by atomic mass is 35.5. The van der Waals surface area contributed by atoms with Gasteiger partial charge in [0.2, 0.25) is 0 Å². The van der Waals surface area contributed by atoms with E-state index in [1.54, 1.807) is 6.92 Å². The van der Waals surface area contributed by atoms with Gasteiger partial charge in [-0.05, 0) is 24.6 Å². The van der Waals surface area contributed by atoms with Crippen molar-refractivity contribution >= 4 is 33.3 Å². The lowest BCUT2D eigenvalue weighted by Gasteiger charge is -2.11. The van der Waals surface area contributed by atoms with Gasteiger partial charge in [-0.3, -0.25) is 9.40 Å². The quantitative estimate of drug-likeness (QED) is 0.891. The predicted molar refractivity (Wildman–Crippen MR) is 77.2 cm³/mol. The van der Waals surface area contributed by atoms with Crippen LogP contribution in [0.3, 0.4) is 0 Å². The molecule has 0 aliphatic carbocycles. The molecule has 21 heavy (non-hydrogen) atoms. The fraction of sp³-hybridized carbons (Fsp3) is 0.167. The zero-order chi connectivity index (χ0) is 15.8. The third-order valence-electron chi connectivity index (χ3n) is 2.83. The molecular formula is C12H12ClN3O4S. The molecule has 0 radical (unpaired) electrons. The Morgan fingerprint density at radius 2 is 2.10 bits per heavy atom. The van der Waals surface area contributed by atoms with Crippen LogP contribution in [0.4, 0.5) is 5.69 Å². The lowest BCUT2D eigenvalue weighted by molar-refractivity contribution is 0.0697. The standard InChI is InChI=1S/C12H12ClN3O4S/c1-7-3-4-8(12(17)18)5-10(7)15-21(19,20)11-9(13)6-14-16(11)2/h3-6,15H,1-2H3,(H,17,18). The summed E-state index contributed by atoms with van der Waals surface area (Å²) in [5, 5.41) is 12.5. The molecule has 2 rings (SSSR count). The number of carbonyl (C=O) groups is 1. The summed E-state index contributed by atoms with van der Waals surface area (Å²) in [6.45, 7) is 1.66. The van der Waals surface area contributed by atoms with Crippen molar-refractivity contribution < 1.29 is 18.3 Å². The Morgan fingerprint density at radius 3 is 2.62 bits per heavy atom. The maximum atomic E-state index is 12.3. The Bertz CT molecular complexity index is 794. The van der Waals surface area contributed by atoms with Crippen LogP contribution in [-0.2, 0) is 17.1 Å². The highest BCUT2D eigenvalue weighted by molar-refractivity contribution is 7.92. The van der Waals surface area contributed by atoms with E-state index in [2.05, 4.69) is 9.82 Å². The molecule has 0 bridgehead atoms. The van der Waals surface area contributed by atoms with Crippen LogP contribution in [0.25, 0.3) is 0 Å². The van der Waals surface area contributed by atoms with Gasteiger partial charge < -0.3 is 5.11 Å². The second kappa shape index (κ2) is 5.38. The minimum absolute atomic E-state index is 0.0166. The van der Waals surface area contributed by atoms with Crippen molar-refractivity contribution in [1.29, 1.82) is 0 Å². The third kappa shape index (κ3) is 3.01. The molecule has 112 valence electrons.